The van der Waals surface area contributed by atoms with E-state index in [-0.39, 0.29) is 16.2 Å². The maximum atomic E-state index is 11.5. The summed E-state index contributed by atoms with van der Waals surface area (Å²) >= 11 is 5.60. The summed E-state index contributed by atoms with van der Waals surface area (Å²) in [6.07, 6.45) is 0. The third-order valence-corrected chi connectivity index (χ3v) is 2.92. The summed E-state index contributed by atoms with van der Waals surface area (Å²) in [5.74, 6) is -0.331. The molecule has 1 rings (SSSR count). The Hall–Kier alpha value is -0.910. The molecule has 0 aliphatic heterocycles. The largest absolute Gasteiger partial charge is 0.293 e. The third-order valence-electron chi connectivity index (χ3n) is 1.81. The van der Waals surface area contributed by atoms with Gasteiger partial charge >= 0.3 is 0 Å². The average Bonchev–Trinajstić information content (AvgIpc) is 2.15. The molecule has 1 aromatic rings. The minimum atomic E-state index is -3.78. The fourth-order valence-electron chi connectivity index (χ4n) is 1.06. The molecule has 0 fully saturated rings. The summed E-state index contributed by atoms with van der Waals surface area (Å²) in [7, 11) is -3.78. The molecule has 2 N–H and O–H groups in total. The number of benzene rings is 1. The molecule has 0 saturated carbocycles. The topological polar surface area (TPSA) is 77.2 Å². The van der Waals surface area contributed by atoms with Crippen LogP contribution in [0, 0.1) is 0 Å². The van der Waals surface area contributed by atoms with Gasteiger partial charge in [0, 0.05) is 5.56 Å². The maximum Gasteiger partial charge on any atom is 0.238 e. The van der Waals surface area contributed by atoms with Crippen LogP contribution in [0.25, 0.3) is 0 Å². The fourth-order valence-corrected chi connectivity index (χ4v) is 1.74. The van der Waals surface area contributed by atoms with Gasteiger partial charge in [0.15, 0.2) is 5.78 Å². The van der Waals surface area contributed by atoms with Crippen molar-refractivity contribution in [2.24, 2.45) is 5.14 Å². The van der Waals surface area contributed by atoms with Gasteiger partial charge in [-0.2, -0.15) is 0 Å². The summed E-state index contributed by atoms with van der Waals surface area (Å²) in [5.41, 5.74) is 0.240. The standard InChI is InChI=1S/C9H10ClNO3S/c1-6(10)9(12)7-3-2-4-8(5-7)15(11,13)14/h2-6H,1H3,(H2,11,13,14). The molecule has 1 aromatic carbocycles. The normalized spacial score (nSPS) is 13.5. The van der Waals surface area contributed by atoms with Crippen molar-refractivity contribution >= 4 is 27.4 Å². The summed E-state index contributed by atoms with van der Waals surface area (Å²) in [6, 6.07) is 5.49. The maximum absolute atomic E-state index is 11.5. The minimum absolute atomic E-state index is 0.0920. The lowest BCUT2D eigenvalue weighted by Crippen LogP contribution is -2.15. The Morgan fingerprint density at radius 1 is 1.47 bits per heavy atom. The second-order valence-corrected chi connectivity index (χ2v) is 5.27. The predicted molar refractivity (Wildman–Crippen MR) is 57.5 cm³/mol. The Kier molecular flexibility index (Phi) is 3.49. The highest BCUT2D eigenvalue weighted by atomic mass is 35.5. The highest BCUT2D eigenvalue weighted by Crippen LogP contribution is 2.13. The zero-order chi connectivity index (χ0) is 11.6. The first-order chi connectivity index (χ1) is 6.82. The van der Waals surface area contributed by atoms with Gasteiger partial charge in [-0.1, -0.05) is 12.1 Å². The van der Waals surface area contributed by atoms with Crippen molar-refractivity contribution < 1.29 is 13.2 Å². The lowest BCUT2D eigenvalue weighted by Gasteiger charge is -2.04. The van der Waals surface area contributed by atoms with Gasteiger partial charge < -0.3 is 0 Å². The molecule has 0 bridgehead atoms. The van der Waals surface area contributed by atoms with Crippen molar-refractivity contribution in [2.75, 3.05) is 0 Å². The smallest absolute Gasteiger partial charge is 0.238 e. The minimum Gasteiger partial charge on any atom is -0.293 e. The first-order valence-corrected chi connectivity index (χ1v) is 6.12. The van der Waals surface area contributed by atoms with Crippen LogP contribution in [0.5, 0.6) is 0 Å². The molecule has 82 valence electrons. The van der Waals surface area contributed by atoms with Crippen molar-refractivity contribution in [2.45, 2.75) is 17.2 Å². The number of primary sulfonamides is 1. The molecule has 15 heavy (non-hydrogen) atoms. The molecular weight excluding hydrogens is 238 g/mol. The van der Waals surface area contributed by atoms with Crippen LogP contribution < -0.4 is 5.14 Å². The summed E-state index contributed by atoms with van der Waals surface area (Å²) in [4.78, 5) is 11.4. The van der Waals surface area contributed by atoms with E-state index in [0.717, 1.165) is 0 Å². The number of hydrogen-bond donors (Lipinski definition) is 1. The molecule has 0 aliphatic rings. The molecular formula is C9H10ClNO3S. The summed E-state index contributed by atoms with van der Waals surface area (Å²) in [6.45, 7) is 1.52. The highest BCUT2D eigenvalue weighted by molar-refractivity contribution is 7.89. The van der Waals surface area contributed by atoms with Crippen LogP contribution in [0.4, 0.5) is 0 Å². The van der Waals surface area contributed by atoms with Gasteiger partial charge in [0.05, 0.1) is 10.3 Å². The fraction of sp³-hybridized carbons (Fsp3) is 0.222. The Labute approximate surface area is 93.1 Å². The van der Waals surface area contributed by atoms with Crippen molar-refractivity contribution in [3.63, 3.8) is 0 Å². The first-order valence-electron chi connectivity index (χ1n) is 4.13. The van der Waals surface area contributed by atoms with Crippen LogP contribution in [-0.2, 0) is 10.0 Å². The molecule has 0 amide bonds. The number of Topliss-reactive ketones (excluding diaryl/α,β-unsaturated/α-hetero) is 1. The van der Waals surface area contributed by atoms with Gasteiger partial charge in [0.2, 0.25) is 10.0 Å². The van der Waals surface area contributed by atoms with Crippen molar-refractivity contribution in [3.8, 4) is 0 Å². The second-order valence-electron chi connectivity index (χ2n) is 3.05. The monoisotopic (exact) mass is 247 g/mol. The number of hydrogen-bond acceptors (Lipinski definition) is 3. The number of ketones is 1. The number of rotatable bonds is 3. The Morgan fingerprint density at radius 2 is 2.07 bits per heavy atom. The molecule has 0 saturated heterocycles. The van der Waals surface area contributed by atoms with Gasteiger partial charge in [-0.05, 0) is 19.1 Å². The number of halogens is 1. The lowest BCUT2D eigenvalue weighted by molar-refractivity contribution is 0.0991. The molecule has 1 atom stereocenters. The Balaban J connectivity index is 3.20. The number of carbonyl (C=O) groups excluding carboxylic acids is 1. The van der Waals surface area contributed by atoms with Crippen LogP contribution in [0.2, 0.25) is 0 Å². The van der Waals surface area contributed by atoms with Gasteiger partial charge in [-0.3, -0.25) is 4.79 Å². The number of nitrogens with two attached hydrogens (primary N) is 1. The number of alkyl halides is 1. The summed E-state index contributed by atoms with van der Waals surface area (Å²) in [5, 5.41) is 4.24. The Bertz CT molecular complexity index is 482. The van der Waals surface area contributed by atoms with Gasteiger partial charge in [0.1, 0.15) is 0 Å². The van der Waals surface area contributed by atoms with Crippen LogP contribution in [0.15, 0.2) is 29.2 Å². The molecule has 0 spiro atoms. The third kappa shape index (κ3) is 3.02. The van der Waals surface area contributed by atoms with Crippen molar-refractivity contribution in [1.82, 2.24) is 0 Å². The molecule has 0 radical (unpaired) electrons. The van der Waals surface area contributed by atoms with E-state index in [1.807, 2.05) is 0 Å². The average molecular weight is 248 g/mol. The summed E-state index contributed by atoms with van der Waals surface area (Å²) < 4.78 is 22.0. The molecule has 0 heterocycles. The van der Waals surface area contributed by atoms with E-state index in [4.69, 9.17) is 16.7 Å². The second kappa shape index (κ2) is 4.30. The quantitative estimate of drug-likeness (QED) is 0.643. The van der Waals surface area contributed by atoms with Crippen LogP contribution >= 0.6 is 11.6 Å². The van der Waals surface area contributed by atoms with Crippen molar-refractivity contribution in [3.05, 3.63) is 29.8 Å². The zero-order valence-electron chi connectivity index (χ0n) is 7.98. The van der Waals surface area contributed by atoms with Crippen LogP contribution in [-0.4, -0.2) is 19.6 Å². The lowest BCUT2D eigenvalue weighted by atomic mass is 10.1. The molecule has 0 aliphatic carbocycles. The zero-order valence-corrected chi connectivity index (χ0v) is 9.55. The van der Waals surface area contributed by atoms with E-state index in [1.54, 1.807) is 0 Å². The molecule has 6 heteroatoms. The van der Waals surface area contributed by atoms with Gasteiger partial charge in [-0.25, -0.2) is 13.6 Å². The van der Waals surface area contributed by atoms with Crippen molar-refractivity contribution in [1.29, 1.82) is 0 Å². The van der Waals surface area contributed by atoms with E-state index in [2.05, 4.69) is 0 Å². The van der Waals surface area contributed by atoms with Gasteiger partial charge in [0.25, 0.3) is 0 Å². The number of carbonyl (C=O) groups is 1. The van der Waals surface area contributed by atoms with Gasteiger partial charge in [-0.15, -0.1) is 11.6 Å². The van der Waals surface area contributed by atoms with Crippen LogP contribution in [0.1, 0.15) is 17.3 Å². The van der Waals surface area contributed by atoms with E-state index in [0.29, 0.717) is 0 Å². The molecule has 4 nitrogen and oxygen atoms in total. The predicted octanol–water partition coefficient (Wildman–Crippen LogP) is 1.14. The van der Waals surface area contributed by atoms with E-state index < -0.39 is 15.4 Å². The van der Waals surface area contributed by atoms with E-state index >= 15 is 0 Å². The highest BCUT2D eigenvalue weighted by Gasteiger charge is 2.15. The van der Waals surface area contributed by atoms with Crippen LogP contribution in [0.3, 0.4) is 0 Å². The first kappa shape index (κ1) is 12.2. The SMILES string of the molecule is CC(Cl)C(=O)c1cccc(S(N)(=O)=O)c1. The van der Waals surface area contributed by atoms with E-state index in [1.165, 1.54) is 31.2 Å². The molecule has 1 unspecified atom stereocenters. The Morgan fingerprint density at radius 3 is 2.53 bits per heavy atom. The van der Waals surface area contributed by atoms with E-state index in [9.17, 15) is 13.2 Å². The number of sulfonamides is 1. The molecule has 0 aromatic heterocycles.